The molecule has 0 bridgehead atoms. The van der Waals surface area contributed by atoms with Crippen LogP contribution in [0.5, 0.6) is 0 Å². The molecule has 1 saturated heterocycles. The van der Waals surface area contributed by atoms with Crippen LogP contribution in [0.2, 0.25) is 0 Å². The van der Waals surface area contributed by atoms with Crippen LogP contribution in [0.3, 0.4) is 0 Å². The Balaban J connectivity index is 2.62. The van der Waals surface area contributed by atoms with Crippen LogP contribution in [-0.2, 0) is 19.4 Å². The average Bonchev–Trinajstić information content (AvgIpc) is 2.67. The summed E-state index contributed by atoms with van der Waals surface area (Å²) >= 11 is 0. The number of carbonyl (C=O) groups excluding carboxylic acids is 2. The van der Waals surface area contributed by atoms with Crippen LogP contribution in [-0.4, -0.2) is 67.7 Å². The zero-order chi connectivity index (χ0) is 15.5. The first kappa shape index (κ1) is 16.9. The van der Waals surface area contributed by atoms with Crippen molar-refractivity contribution in [2.45, 2.75) is 33.2 Å². The molecule has 116 valence electrons. The summed E-state index contributed by atoms with van der Waals surface area (Å²) in [5, 5.41) is 0. The van der Waals surface area contributed by atoms with Crippen LogP contribution >= 0.6 is 0 Å². The van der Waals surface area contributed by atoms with Crippen LogP contribution in [0.4, 0.5) is 0 Å². The van der Waals surface area contributed by atoms with Gasteiger partial charge in [0.15, 0.2) is 9.84 Å². The number of rotatable bonds is 5. The number of nitrogens with zero attached hydrogens (tertiary/aromatic N) is 2. The van der Waals surface area contributed by atoms with Gasteiger partial charge < -0.3 is 9.80 Å². The Morgan fingerprint density at radius 2 is 1.90 bits per heavy atom. The van der Waals surface area contributed by atoms with Gasteiger partial charge in [-0.3, -0.25) is 9.59 Å². The molecule has 1 atom stereocenters. The molecule has 7 heteroatoms. The van der Waals surface area contributed by atoms with Crippen LogP contribution in [0.1, 0.15) is 27.2 Å². The Morgan fingerprint density at radius 1 is 1.30 bits per heavy atom. The summed E-state index contributed by atoms with van der Waals surface area (Å²) in [4.78, 5) is 26.7. The molecule has 0 saturated carbocycles. The highest BCUT2D eigenvalue weighted by atomic mass is 32.2. The van der Waals surface area contributed by atoms with Crippen LogP contribution in [0, 0.1) is 5.92 Å². The fraction of sp³-hybridized carbons (Fsp3) is 0.846. The molecule has 0 N–H and O–H groups in total. The van der Waals surface area contributed by atoms with E-state index in [1.165, 1.54) is 16.7 Å². The van der Waals surface area contributed by atoms with Crippen molar-refractivity contribution in [3.8, 4) is 0 Å². The number of likely N-dealkylation sites (N-methyl/N-ethyl adjacent to an activating group) is 1. The third-order valence-electron chi connectivity index (χ3n) is 3.51. The summed E-state index contributed by atoms with van der Waals surface area (Å²) < 4.78 is 22.9. The zero-order valence-electron chi connectivity index (χ0n) is 12.6. The summed E-state index contributed by atoms with van der Waals surface area (Å²) in [7, 11) is -1.40. The van der Waals surface area contributed by atoms with E-state index in [0.717, 1.165) is 0 Å². The Morgan fingerprint density at radius 3 is 2.30 bits per heavy atom. The quantitative estimate of drug-likeness (QED) is 0.724. The lowest BCUT2D eigenvalue weighted by Crippen LogP contribution is -2.46. The topological polar surface area (TPSA) is 74.8 Å². The second-order valence-corrected chi connectivity index (χ2v) is 8.08. The lowest BCUT2D eigenvalue weighted by atomic mass is 10.2. The molecule has 6 nitrogen and oxygen atoms in total. The Hall–Kier alpha value is -1.11. The van der Waals surface area contributed by atoms with E-state index in [4.69, 9.17) is 0 Å². The third kappa shape index (κ3) is 4.77. The lowest BCUT2D eigenvalue weighted by molar-refractivity contribution is -0.140. The van der Waals surface area contributed by atoms with Crippen molar-refractivity contribution in [1.29, 1.82) is 0 Å². The van der Waals surface area contributed by atoms with Gasteiger partial charge in [0, 0.05) is 26.6 Å². The zero-order valence-corrected chi connectivity index (χ0v) is 13.4. The van der Waals surface area contributed by atoms with E-state index >= 15 is 0 Å². The maximum absolute atomic E-state index is 12.2. The number of hydrogen-bond acceptors (Lipinski definition) is 4. The molecule has 1 aliphatic heterocycles. The molecule has 1 fully saturated rings. The van der Waals surface area contributed by atoms with Gasteiger partial charge in [-0.2, -0.15) is 0 Å². The van der Waals surface area contributed by atoms with Gasteiger partial charge in [-0.05, 0) is 12.3 Å². The summed E-state index contributed by atoms with van der Waals surface area (Å²) in [6, 6.07) is -0.264. The average molecular weight is 304 g/mol. The van der Waals surface area contributed by atoms with Crippen LogP contribution < -0.4 is 0 Å². The summed E-state index contributed by atoms with van der Waals surface area (Å²) in [5.74, 6) is 0.100. The molecular formula is C13H24N2O4S. The number of carbonyl (C=O) groups is 2. The SMILES string of the molecule is CC(=O)N(CC(=O)N(C)C1CCS(=O)(=O)C1)CC(C)C. The van der Waals surface area contributed by atoms with Crippen molar-refractivity contribution in [1.82, 2.24) is 9.80 Å². The molecule has 0 aromatic carbocycles. The van der Waals surface area contributed by atoms with Crippen molar-refractivity contribution in [2.24, 2.45) is 5.92 Å². The molecular weight excluding hydrogens is 280 g/mol. The van der Waals surface area contributed by atoms with E-state index in [0.29, 0.717) is 13.0 Å². The van der Waals surface area contributed by atoms with Crippen molar-refractivity contribution >= 4 is 21.7 Å². The normalized spacial score (nSPS) is 20.9. The van der Waals surface area contributed by atoms with Crippen molar-refractivity contribution in [2.75, 3.05) is 31.6 Å². The van der Waals surface area contributed by atoms with Gasteiger partial charge in [-0.25, -0.2) is 8.42 Å². The minimum absolute atomic E-state index is 0.0144. The molecule has 2 amide bonds. The van der Waals surface area contributed by atoms with Gasteiger partial charge >= 0.3 is 0 Å². The van der Waals surface area contributed by atoms with Gasteiger partial charge in [-0.1, -0.05) is 13.8 Å². The largest absolute Gasteiger partial charge is 0.340 e. The summed E-state index contributed by atoms with van der Waals surface area (Å²) in [5.41, 5.74) is 0. The smallest absolute Gasteiger partial charge is 0.242 e. The number of hydrogen-bond donors (Lipinski definition) is 0. The molecule has 20 heavy (non-hydrogen) atoms. The molecule has 1 aliphatic rings. The highest BCUT2D eigenvalue weighted by Gasteiger charge is 2.33. The Bertz CT molecular complexity index is 473. The molecule has 0 aromatic heterocycles. The molecule has 0 radical (unpaired) electrons. The molecule has 1 heterocycles. The third-order valence-corrected chi connectivity index (χ3v) is 5.26. The number of sulfone groups is 1. The minimum Gasteiger partial charge on any atom is -0.340 e. The summed E-state index contributed by atoms with van der Waals surface area (Å²) in [6.07, 6.45) is 0.481. The lowest BCUT2D eigenvalue weighted by Gasteiger charge is -2.28. The maximum Gasteiger partial charge on any atom is 0.242 e. The second-order valence-electron chi connectivity index (χ2n) is 5.85. The van der Waals surface area contributed by atoms with Gasteiger partial charge in [0.2, 0.25) is 11.8 Å². The van der Waals surface area contributed by atoms with Crippen LogP contribution in [0.25, 0.3) is 0 Å². The summed E-state index contributed by atoms with van der Waals surface area (Å²) in [6.45, 7) is 5.94. The fourth-order valence-electron chi connectivity index (χ4n) is 2.30. The minimum atomic E-state index is -3.01. The molecule has 0 spiro atoms. The fourth-order valence-corrected chi connectivity index (χ4v) is 4.08. The monoisotopic (exact) mass is 304 g/mol. The van der Waals surface area contributed by atoms with E-state index in [-0.39, 0.29) is 41.8 Å². The first-order chi connectivity index (χ1) is 9.12. The maximum atomic E-state index is 12.2. The van der Waals surface area contributed by atoms with Gasteiger partial charge in [0.25, 0.3) is 0 Å². The van der Waals surface area contributed by atoms with Gasteiger partial charge in [0.05, 0.1) is 18.1 Å². The first-order valence-electron chi connectivity index (χ1n) is 6.84. The predicted octanol–water partition coefficient (Wildman–Crippen LogP) is 0.136. The second kappa shape index (κ2) is 6.56. The highest BCUT2D eigenvalue weighted by Crippen LogP contribution is 2.16. The Labute approximate surface area is 121 Å². The molecule has 0 aromatic rings. The molecule has 1 rings (SSSR count). The van der Waals surface area contributed by atoms with E-state index in [2.05, 4.69) is 0 Å². The van der Waals surface area contributed by atoms with E-state index in [9.17, 15) is 18.0 Å². The van der Waals surface area contributed by atoms with E-state index in [1.807, 2.05) is 13.8 Å². The molecule has 0 aliphatic carbocycles. The van der Waals surface area contributed by atoms with E-state index < -0.39 is 9.84 Å². The van der Waals surface area contributed by atoms with Crippen molar-refractivity contribution < 1.29 is 18.0 Å². The van der Waals surface area contributed by atoms with Gasteiger partial charge in [-0.15, -0.1) is 0 Å². The van der Waals surface area contributed by atoms with Gasteiger partial charge in [0.1, 0.15) is 0 Å². The highest BCUT2D eigenvalue weighted by molar-refractivity contribution is 7.91. The van der Waals surface area contributed by atoms with Crippen molar-refractivity contribution in [3.05, 3.63) is 0 Å². The van der Waals surface area contributed by atoms with Crippen LogP contribution in [0.15, 0.2) is 0 Å². The predicted molar refractivity (Wildman–Crippen MR) is 76.9 cm³/mol. The Kier molecular flexibility index (Phi) is 5.56. The first-order valence-corrected chi connectivity index (χ1v) is 8.66. The number of amides is 2. The standard InChI is InChI=1S/C13H24N2O4S/c1-10(2)7-15(11(3)16)8-13(17)14(4)12-5-6-20(18,19)9-12/h10,12H,5-9H2,1-4H3. The van der Waals surface area contributed by atoms with E-state index in [1.54, 1.807) is 7.05 Å². The molecule has 1 unspecified atom stereocenters. The van der Waals surface area contributed by atoms with Crippen molar-refractivity contribution in [3.63, 3.8) is 0 Å².